The van der Waals surface area contributed by atoms with Crippen LogP contribution >= 0.6 is 0 Å². The van der Waals surface area contributed by atoms with Crippen LogP contribution in [0.1, 0.15) is 17.5 Å². The summed E-state index contributed by atoms with van der Waals surface area (Å²) >= 11 is 0. The first-order chi connectivity index (χ1) is 8.86. The van der Waals surface area contributed by atoms with Gasteiger partial charge in [0.2, 0.25) is 0 Å². The van der Waals surface area contributed by atoms with E-state index in [1.165, 1.54) is 5.56 Å². The molecule has 2 rings (SSSR count). The van der Waals surface area contributed by atoms with E-state index in [1.807, 2.05) is 37.3 Å². The fourth-order valence-corrected chi connectivity index (χ4v) is 1.81. The van der Waals surface area contributed by atoms with Crippen LogP contribution in [-0.2, 0) is 6.42 Å². The van der Waals surface area contributed by atoms with E-state index in [4.69, 9.17) is 4.84 Å². The zero-order chi connectivity index (χ0) is 12.6. The molecule has 1 N–H and O–H groups in total. The third-order valence-electron chi connectivity index (χ3n) is 2.86. The van der Waals surface area contributed by atoms with E-state index in [0.717, 1.165) is 30.7 Å². The first-order valence-electron chi connectivity index (χ1n) is 6.35. The number of hydrogen-bond donors (Lipinski definition) is 1. The predicted molar refractivity (Wildman–Crippen MR) is 74.6 cm³/mol. The molecule has 0 aliphatic heterocycles. The minimum atomic E-state index is 0.850. The van der Waals surface area contributed by atoms with Crippen molar-refractivity contribution in [3.05, 3.63) is 65.7 Å². The van der Waals surface area contributed by atoms with Crippen molar-refractivity contribution in [3.63, 3.8) is 0 Å². The van der Waals surface area contributed by atoms with E-state index in [9.17, 15) is 0 Å². The molecule has 0 aromatic heterocycles. The summed E-state index contributed by atoms with van der Waals surface area (Å²) in [6, 6.07) is 18.5. The Bertz CT molecular complexity index is 468. The molecule has 18 heavy (non-hydrogen) atoms. The second-order valence-corrected chi connectivity index (χ2v) is 4.35. The highest BCUT2D eigenvalue weighted by atomic mass is 16.6. The Morgan fingerprint density at radius 1 is 0.944 bits per heavy atom. The SMILES string of the molecule is Cc1ccccc1ONCCCc1ccccc1. The number of benzene rings is 2. The van der Waals surface area contributed by atoms with Gasteiger partial charge in [-0.05, 0) is 37.0 Å². The monoisotopic (exact) mass is 241 g/mol. The van der Waals surface area contributed by atoms with Gasteiger partial charge in [-0.2, -0.15) is 5.48 Å². The normalized spacial score (nSPS) is 10.3. The summed E-state index contributed by atoms with van der Waals surface area (Å²) in [5, 5.41) is 0. The minimum Gasteiger partial charge on any atom is -0.408 e. The molecule has 0 fully saturated rings. The van der Waals surface area contributed by atoms with Crippen molar-refractivity contribution < 1.29 is 4.84 Å². The van der Waals surface area contributed by atoms with Crippen molar-refractivity contribution in [1.29, 1.82) is 0 Å². The summed E-state index contributed by atoms with van der Waals surface area (Å²) in [5.41, 5.74) is 5.53. The maximum Gasteiger partial charge on any atom is 0.150 e. The lowest BCUT2D eigenvalue weighted by Gasteiger charge is -2.09. The van der Waals surface area contributed by atoms with Crippen molar-refractivity contribution in [2.75, 3.05) is 6.54 Å². The highest BCUT2D eigenvalue weighted by Crippen LogP contribution is 2.14. The van der Waals surface area contributed by atoms with Crippen LogP contribution in [0.5, 0.6) is 5.75 Å². The Balaban J connectivity index is 1.66. The first kappa shape index (κ1) is 12.7. The lowest BCUT2D eigenvalue weighted by molar-refractivity contribution is 0.193. The van der Waals surface area contributed by atoms with Gasteiger partial charge in [0.25, 0.3) is 0 Å². The molecule has 0 saturated heterocycles. The molecule has 2 heteroatoms. The Morgan fingerprint density at radius 3 is 2.44 bits per heavy atom. The second kappa shape index (κ2) is 6.82. The van der Waals surface area contributed by atoms with Crippen molar-refractivity contribution in [1.82, 2.24) is 5.48 Å². The summed E-state index contributed by atoms with van der Waals surface area (Å²) in [5.74, 6) is 0.900. The highest BCUT2D eigenvalue weighted by molar-refractivity contribution is 5.31. The third kappa shape index (κ3) is 3.90. The second-order valence-electron chi connectivity index (χ2n) is 4.35. The lowest BCUT2D eigenvalue weighted by Crippen LogP contribution is -2.20. The molecule has 0 radical (unpaired) electrons. The van der Waals surface area contributed by atoms with Crippen LogP contribution in [0.3, 0.4) is 0 Å². The molecule has 0 heterocycles. The average Bonchev–Trinajstić information content (AvgIpc) is 2.42. The molecule has 2 aromatic carbocycles. The fraction of sp³-hybridized carbons (Fsp3) is 0.250. The van der Waals surface area contributed by atoms with Crippen LogP contribution in [0.25, 0.3) is 0 Å². The van der Waals surface area contributed by atoms with Gasteiger partial charge in [0.1, 0.15) is 5.75 Å². The molecule has 0 unspecified atom stereocenters. The molecule has 94 valence electrons. The Hall–Kier alpha value is -1.80. The molecule has 2 nitrogen and oxygen atoms in total. The van der Waals surface area contributed by atoms with E-state index in [0.29, 0.717) is 0 Å². The summed E-state index contributed by atoms with van der Waals surface area (Å²) in [4.78, 5) is 5.52. The van der Waals surface area contributed by atoms with Crippen molar-refractivity contribution in [2.45, 2.75) is 19.8 Å². The van der Waals surface area contributed by atoms with Crippen LogP contribution in [0.15, 0.2) is 54.6 Å². The molecule has 2 aromatic rings. The van der Waals surface area contributed by atoms with Crippen LogP contribution in [0.4, 0.5) is 0 Å². The van der Waals surface area contributed by atoms with E-state index >= 15 is 0 Å². The van der Waals surface area contributed by atoms with E-state index in [-0.39, 0.29) is 0 Å². The van der Waals surface area contributed by atoms with Gasteiger partial charge in [-0.25, -0.2) is 0 Å². The van der Waals surface area contributed by atoms with E-state index in [2.05, 4.69) is 29.7 Å². The quantitative estimate of drug-likeness (QED) is 0.617. The average molecular weight is 241 g/mol. The number of nitrogens with one attached hydrogen (secondary N) is 1. The van der Waals surface area contributed by atoms with Gasteiger partial charge in [0.15, 0.2) is 0 Å². The smallest absolute Gasteiger partial charge is 0.150 e. The Labute approximate surface area is 109 Å². The van der Waals surface area contributed by atoms with Gasteiger partial charge in [0, 0.05) is 6.54 Å². The molecular weight excluding hydrogens is 222 g/mol. The van der Waals surface area contributed by atoms with Crippen LogP contribution < -0.4 is 10.3 Å². The van der Waals surface area contributed by atoms with Gasteiger partial charge >= 0.3 is 0 Å². The maximum absolute atomic E-state index is 5.52. The topological polar surface area (TPSA) is 21.3 Å². The molecular formula is C16H19NO. The Kier molecular flexibility index (Phi) is 4.79. The number of para-hydroxylation sites is 1. The predicted octanol–water partition coefficient (Wildman–Crippen LogP) is 3.51. The molecule has 0 saturated carbocycles. The van der Waals surface area contributed by atoms with E-state index in [1.54, 1.807) is 0 Å². The van der Waals surface area contributed by atoms with Crippen molar-refractivity contribution in [3.8, 4) is 5.75 Å². The molecule has 0 aliphatic rings. The number of rotatable bonds is 6. The number of hydrogen-bond acceptors (Lipinski definition) is 2. The standard InChI is InChI=1S/C16H19NO/c1-14-8-5-6-12-16(14)18-17-13-7-11-15-9-3-2-4-10-15/h2-6,8-10,12,17H,7,11,13H2,1H3. The van der Waals surface area contributed by atoms with Gasteiger partial charge in [-0.15, -0.1) is 0 Å². The van der Waals surface area contributed by atoms with Gasteiger partial charge in [-0.3, -0.25) is 0 Å². The van der Waals surface area contributed by atoms with Crippen molar-refractivity contribution in [2.24, 2.45) is 0 Å². The van der Waals surface area contributed by atoms with E-state index < -0.39 is 0 Å². The largest absolute Gasteiger partial charge is 0.408 e. The summed E-state index contributed by atoms with van der Waals surface area (Å²) in [6.45, 7) is 2.89. The summed E-state index contributed by atoms with van der Waals surface area (Å²) < 4.78 is 0. The molecule has 0 amide bonds. The molecule has 0 atom stereocenters. The molecule has 0 spiro atoms. The number of aryl methyl sites for hydroxylation is 2. The summed E-state index contributed by atoms with van der Waals surface area (Å²) in [6.07, 6.45) is 2.14. The maximum atomic E-state index is 5.52. The molecule has 0 bridgehead atoms. The highest BCUT2D eigenvalue weighted by Gasteiger charge is 1.97. The number of hydroxylamine groups is 1. The molecule has 0 aliphatic carbocycles. The first-order valence-corrected chi connectivity index (χ1v) is 6.35. The van der Waals surface area contributed by atoms with Crippen LogP contribution in [0.2, 0.25) is 0 Å². The van der Waals surface area contributed by atoms with Crippen LogP contribution in [-0.4, -0.2) is 6.54 Å². The zero-order valence-electron chi connectivity index (χ0n) is 10.7. The zero-order valence-corrected chi connectivity index (χ0v) is 10.7. The fourth-order valence-electron chi connectivity index (χ4n) is 1.81. The van der Waals surface area contributed by atoms with Crippen molar-refractivity contribution >= 4 is 0 Å². The van der Waals surface area contributed by atoms with Gasteiger partial charge in [0.05, 0.1) is 0 Å². The Morgan fingerprint density at radius 2 is 1.67 bits per heavy atom. The van der Waals surface area contributed by atoms with Gasteiger partial charge < -0.3 is 4.84 Å². The van der Waals surface area contributed by atoms with Crippen LogP contribution in [0, 0.1) is 6.92 Å². The van der Waals surface area contributed by atoms with Gasteiger partial charge in [-0.1, -0.05) is 48.5 Å². The lowest BCUT2D eigenvalue weighted by atomic mass is 10.1. The minimum absolute atomic E-state index is 0.850. The summed E-state index contributed by atoms with van der Waals surface area (Å²) in [7, 11) is 0. The third-order valence-corrected chi connectivity index (χ3v) is 2.86.